The maximum atomic E-state index is 13.7. The Kier molecular flexibility index (Phi) is 5.67. The first-order valence-corrected chi connectivity index (χ1v) is 10.2. The molecule has 0 atom stereocenters. The first-order valence-electron chi connectivity index (χ1n) is 10.2. The third-order valence-electron chi connectivity index (χ3n) is 5.70. The Bertz CT molecular complexity index is 1150. The molecule has 0 saturated heterocycles. The average molecular weight is 426 g/mol. The fourth-order valence-electron chi connectivity index (χ4n) is 4.10. The van der Waals surface area contributed by atoms with Gasteiger partial charge >= 0.3 is 0 Å². The summed E-state index contributed by atoms with van der Waals surface area (Å²) in [7, 11) is 0. The van der Waals surface area contributed by atoms with Crippen molar-refractivity contribution >= 4 is 5.91 Å². The summed E-state index contributed by atoms with van der Waals surface area (Å²) in [4.78, 5) is 13.2. The fourth-order valence-corrected chi connectivity index (χ4v) is 4.10. The van der Waals surface area contributed by atoms with Gasteiger partial charge in [-0.3, -0.25) is 4.79 Å². The lowest BCUT2D eigenvalue weighted by Crippen LogP contribution is -2.26. The quantitative estimate of drug-likeness (QED) is 0.624. The summed E-state index contributed by atoms with van der Waals surface area (Å²) in [6, 6.07) is 9.36. The second-order valence-corrected chi connectivity index (χ2v) is 7.60. The standard InChI is InChI=1S/C24H24F2N2O3/c1-4-18-14(2)23(28(15(18)3)12-17-5-7-19(25)20(26)9-17)24(29)27-11-16-6-8-21-22(10-16)31-13-30-21/h5-10H,4,11-13H2,1-3H3,(H,27,29). The molecule has 5 nitrogen and oxygen atoms in total. The highest BCUT2D eigenvalue weighted by atomic mass is 19.2. The van der Waals surface area contributed by atoms with Gasteiger partial charge in [-0.2, -0.15) is 0 Å². The molecule has 2 aromatic carbocycles. The Morgan fingerprint density at radius 1 is 1.03 bits per heavy atom. The van der Waals surface area contributed by atoms with Crippen molar-refractivity contribution in [3.8, 4) is 11.5 Å². The second-order valence-electron chi connectivity index (χ2n) is 7.60. The number of nitrogens with zero attached hydrogens (tertiary/aromatic N) is 1. The predicted octanol–water partition coefficient (Wildman–Crippen LogP) is 4.65. The zero-order valence-electron chi connectivity index (χ0n) is 17.7. The number of ether oxygens (including phenoxy) is 2. The molecule has 1 N–H and O–H groups in total. The van der Waals surface area contributed by atoms with E-state index in [1.807, 2.05) is 43.5 Å². The van der Waals surface area contributed by atoms with Gasteiger partial charge in [-0.15, -0.1) is 0 Å². The van der Waals surface area contributed by atoms with Gasteiger partial charge < -0.3 is 19.4 Å². The number of fused-ring (bicyclic) bond motifs is 1. The lowest BCUT2D eigenvalue weighted by Gasteiger charge is -2.13. The van der Waals surface area contributed by atoms with E-state index in [1.54, 1.807) is 0 Å². The van der Waals surface area contributed by atoms with Gasteiger partial charge in [0.1, 0.15) is 5.69 Å². The molecule has 0 bridgehead atoms. The molecule has 1 aliphatic heterocycles. The molecule has 0 fully saturated rings. The molecule has 0 aliphatic carbocycles. The molecule has 1 amide bonds. The van der Waals surface area contributed by atoms with Crippen LogP contribution in [0.25, 0.3) is 0 Å². The van der Waals surface area contributed by atoms with Crippen molar-refractivity contribution in [3.63, 3.8) is 0 Å². The smallest absolute Gasteiger partial charge is 0.268 e. The first-order chi connectivity index (χ1) is 14.9. The Morgan fingerprint density at radius 2 is 1.77 bits per heavy atom. The number of rotatable bonds is 6. The summed E-state index contributed by atoms with van der Waals surface area (Å²) in [5.74, 6) is -0.660. The number of halogens is 2. The SMILES string of the molecule is CCc1c(C)c(C(=O)NCc2ccc3c(c2)OCO3)n(Cc2ccc(F)c(F)c2)c1C. The molecule has 7 heteroatoms. The molecule has 1 aromatic heterocycles. The van der Waals surface area contributed by atoms with E-state index in [4.69, 9.17) is 9.47 Å². The van der Waals surface area contributed by atoms with Gasteiger partial charge in [-0.1, -0.05) is 19.1 Å². The van der Waals surface area contributed by atoms with E-state index in [0.29, 0.717) is 29.3 Å². The van der Waals surface area contributed by atoms with Gasteiger partial charge in [0.25, 0.3) is 5.91 Å². The molecule has 0 unspecified atom stereocenters. The van der Waals surface area contributed by atoms with Crippen molar-refractivity contribution in [1.82, 2.24) is 9.88 Å². The van der Waals surface area contributed by atoms with E-state index in [0.717, 1.165) is 34.9 Å². The summed E-state index contributed by atoms with van der Waals surface area (Å²) in [6.45, 7) is 6.69. The van der Waals surface area contributed by atoms with Crippen LogP contribution in [0.5, 0.6) is 11.5 Å². The van der Waals surface area contributed by atoms with Gasteiger partial charge in [0, 0.05) is 18.8 Å². The van der Waals surface area contributed by atoms with Crippen LogP contribution in [0.3, 0.4) is 0 Å². The molecular weight excluding hydrogens is 402 g/mol. The number of benzene rings is 2. The van der Waals surface area contributed by atoms with E-state index >= 15 is 0 Å². The van der Waals surface area contributed by atoms with E-state index in [9.17, 15) is 13.6 Å². The molecule has 4 rings (SSSR count). The number of hydrogen-bond acceptors (Lipinski definition) is 3. The molecule has 0 saturated carbocycles. The molecule has 31 heavy (non-hydrogen) atoms. The zero-order valence-corrected chi connectivity index (χ0v) is 17.7. The van der Waals surface area contributed by atoms with Crippen LogP contribution in [0.4, 0.5) is 8.78 Å². The second kappa shape index (κ2) is 8.41. The minimum absolute atomic E-state index is 0.195. The summed E-state index contributed by atoms with van der Waals surface area (Å²) in [5, 5.41) is 2.97. The summed E-state index contributed by atoms with van der Waals surface area (Å²) >= 11 is 0. The molecule has 0 spiro atoms. The van der Waals surface area contributed by atoms with E-state index < -0.39 is 11.6 Å². The predicted molar refractivity (Wildman–Crippen MR) is 112 cm³/mol. The molecule has 1 aliphatic rings. The van der Waals surface area contributed by atoms with Crippen molar-refractivity contribution < 1.29 is 23.0 Å². The summed E-state index contributed by atoms with van der Waals surface area (Å²) in [5.41, 5.74) is 4.92. The number of amides is 1. The highest BCUT2D eigenvalue weighted by molar-refractivity contribution is 5.95. The maximum absolute atomic E-state index is 13.7. The van der Waals surface area contributed by atoms with Crippen molar-refractivity contribution in [3.05, 3.63) is 81.7 Å². The topological polar surface area (TPSA) is 52.5 Å². The van der Waals surface area contributed by atoms with E-state index in [-0.39, 0.29) is 19.2 Å². The van der Waals surface area contributed by atoms with Gasteiger partial charge in [-0.05, 0) is 66.8 Å². The van der Waals surface area contributed by atoms with E-state index in [2.05, 4.69) is 5.32 Å². The van der Waals surface area contributed by atoms with E-state index in [1.165, 1.54) is 12.1 Å². The summed E-state index contributed by atoms with van der Waals surface area (Å²) < 4.78 is 39.6. The number of carbonyl (C=O) groups is 1. The molecule has 3 aromatic rings. The molecule has 0 radical (unpaired) electrons. The van der Waals surface area contributed by atoms with Crippen molar-refractivity contribution in [2.24, 2.45) is 0 Å². The third kappa shape index (κ3) is 4.00. The van der Waals surface area contributed by atoms with Crippen molar-refractivity contribution in [1.29, 1.82) is 0 Å². The lowest BCUT2D eigenvalue weighted by molar-refractivity contribution is 0.0941. The number of aromatic nitrogens is 1. The van der Waals surface area contributed by atoms with Crippen LogP contribution in [0.15, 0.2) is 36.4 Å². The van der Waals surface area contributed by atoms with Crippen LogP contribution in [0.2, 0.25) is 0 Å². The minimum atomic E-state index is -0.899. The Balaban J connectivity index is 1.60. The molecule has 162 valence electrons. The number of carbonyl (C=O) groups excluding carboxylic acids is 1. The number of nitrogens with one attached hydrogen (secondary N) is 1. The third-order valence-corrected chi connectivity index (χ3v) is 5.70. The maximum Gasteiger partial charge on any atom is 0.268 e. The van der Waals surface area contributed by atoms with Crippen LogP contribution >= 0.6 is 0 Å². The van der Waals surface area contributed by atoms with Gasteiger partial charge in [0.2, 0.25) is 6.79 Å². The average Bonchev–Trinajstić information content (AvgIpc) is 3.31. The van der Waals surface area contributed by atoms with Crippen molar-refractivity contribution in [2.45, 2.75) is 40.3 Å². The van der Waals surface area contributed by atoms with Crippen LogP contribution in [0.1, 0.15) is 45.4 Å². The molecular formula is C24H24F2N2O3. The highest BCUT2D eigenvalue weighted by Crippen LogP contribution is 2.32. The monoisotopic (exact) mass is 426 g/mol. The Labute approximate surface area is 179 Å². The first kappa shape index (κ1) is 20.9. The normalized spacial score (nSPS) is 12.3. The zero-order chi connectivity index (χ0) is 22.1. The van der Waals surface area contributed by atoms with Gasteiger partial charge in [-0.25, -0.2) is 8.78 Å². The highest BCUT2D eigenvalue weighted by Gasteiger charge is 2.22. The van der Waals surface area contributed by atoms with Crippen LogP contribution in [-0.2, 0) is 19.5 Å². The molecule has 2 heterocycles. The summed E-state index contributed by atoms with van der Waals surface area (Å²) in [6.07, 6.45) is 0.769. The van der Waals surface area contributed by atoms with Gasteiger partial charge in [0.15, 0.2) is 23.1 Å². The van der Waals surface area contributed by atoms with Crippen LogP contribution in [-0.4, -0.2) is 17.3 Å². The van der Waals surface area contributed by atoms with Gasteiger partial charge in [0.05, 0.1) is 0 Å². The van der Waals surface area contributed by atoms with Crippen molar-refractivity contribution in [2.75, 3.05) is 6.79 Å². The Morgan fingerprint density at radius 3 is 2.52 bits per heavy atom. The Hall–Kier alpha value is -3.35. The lowest BCUT2D eigenvalue weighted by atomic mass is 10.1. The van der Waals surface area contributed by atoms with Crippen LogP contribution in [0, 0.1) is 25.5 Å². The van der Waals surface area contributed by atoms with Crippen LogP contribution < -0.4 is 14.8 Å². The minimum Gasteiger partial charge on any atom is -0.454 e. The largest absolute Gasteiger partial charge is 0.454 e. The fraction of sp³-hybridized carbons (Fsp3) is 0.292. The number of hydrogen-bond donors (Lipinski definition) is 1.